The predicted octanol–water partition coefficient (Wildman–Crippen LogP) is 0.417. The van der Waals surface area contributed by atoms with Gasteiger partial charge in [0.05, 0.1) is 6.61 Å². The number of likely N-dealkylation sites (N-methyl/N-ethyl adjacent to an activating group) is 1. The maximum Gasteiger partial charge on any atom is 0.405 e. The highest BCUT2D eigenvalue weighted by atomic mass is 19.1. The molecule has 0 saturated carbocycles. The van der Waals surface area contributed by atoms with Crippen molar-refractivity contribution in [2.24, 2.45) is 0 Å². The van der Waals surface area contributed by atoms with Gasteiger partial charge in [-0.15, -0.1) is 0 Å². The first-order chi connectivity index (χ1) is 8.45. The van der Waals surface area contributed by atoms with Gasteiger partial charge in [0, 0.05) is 12.7 Å². The number of nitrogens with zero attached hydrogens (tertiary/aromatic N) is 1. The molecule has 6 nitrogen and oxygen atoms in total. The second kappa shape index (κ2) is 5.97. The molecule has 0 heterocycles. The van der Waals surface area contributed by atoms with Crippen LogP contribution in [0.15, 0.2) is 24.3 Å². The van der Waals surface area contributed by atoms with Crippen molar-refractivity contribution in [2.45, 2.75) is 6.04 Å². The van der Waals surface area contributed by atoms with Gasteiger partial charge < -0.3 is 20.4 Å². The van der Waals surface area contributed by atoms with Crippen molar-refractivity contribution in [3.63, 3.8) is 0 Å². The maximum atomic E-state index is 12.7. The van der Waals surface area contributed by atoms with Gasteiger partial charge in [-0.1, -0.05) is 0 Å². The van der Waals surface area contributed by atoms with Crippen LogP contribution in [0.3, 0.4) is 0 Å². The third-order valence-corrected chi connectivity index (χ3v) is 2.32. The van der Waals surface area contributed by atoms with E-state index >= 15 is 0 Å². The van der Waals surface area contributed by atoms with Crippen LogP contribution in [0.25, 0.3) is 0 Å². The lowest BCUT2D eigenvalue weighted by molar-refractivity contribution is -0.121. The summed E-state index contributed by atoms with van der Waals surface area (Å²) in [6.07, 6.45) is -1.41. The number of nitrogens with one attached hydrogen (secondary N) is 1. The van der Waals surface area contributed by atoms with E-state index in [-0.39, 0.29) is 0 Å². The summed E-state index contributed by atoms with van der Waals surface area (Å²) in [5.41, 5.74) is 0.395. The molecule has 0 saturated heterocycles. The molecule has 3 N–H and O–H groups in total. The monoisotopic (exact) mass is 256 g/mol. The number of amides is 2. The van der Waals surface area contributed by atoms with E-state index in [9.17, 15) is 14.0 Å². The lowest BCUT2D eigenvalue weighted by Gasteiger charge is -2.22. The fraction of sp³-hybridized carbons (Fsp3) is 0.273. The Morgan fingerprint density at radius 3 is 2.39 bits per heavy atom. The van der Waals surface area contributed by atoms with Crippen LogP contribution in [-0.4, -0.2) is 41.9 Å². The van der Waals surface area contributed by atoms with E-state index < -0.39 is 30.5 Å². The van der Waals surface area contributed by atoms with E-state index in [1.165, 1.54) is 31.3 Å². The Kier molecular flexibility index (Phi) is 4.61. The number of anilines is 1. The molecule has 0 aromatic heterocycles. The van der Waals surface area contributed by atoms with E-state index in [2.05, 4.69) is 0 Å². The summed E-state index contributed by atoms with van der Waals surface area (Å²) in [4.78, 5) is 23.4. The molecule has 0 aliphatic carbocycles. The third kappa shape index (κ3) is 3.42. The molecule has 1 atom stereocenters. The van der Waals surface area contributed by atoms with Crippen LogP contribution in [0, 0.1) is 5.82 Å². The second-order valence-corrected chi connectivity index (χ2v) is 3.56. The molecule has 0 radical (unpaired) electrons. The van der Waals surface area contributed by atoms with Crippen molar-refractivity contribution in [2.75, 3.05) is 18.6 Å². The molecule has 0 aliphatic heterocycles. The van der Waals surface area contributed by atoms with Gasteiger partial charge in [-0.05, 0) is 24.3 Å². The quantitative estimate of drug-likeness (QED) is 0.728. The molecule has 18 heavy (non-hydrogen) atoms. The van der Waals surface area contributed by atoms with Crippen molar-refractivity contribution in [3.8, 4) is 0 Å². The minimum atomic E-state index is -1.41. The summed E-state index contributed by atoms with van der Waals surface area (Å²) < 4.78 is 12.7. The minimum Gasteiger partial charge on any atom is -0.465 e. The third-order valence-electron chi connectivity index (χ3n) is 2.32. The van der Waals surface area contributed by atoms with Crippen molar-refractivity contribution in [3.05, 3.63) is 30.1 Å². The summed E-state index contributed by atoms with van der Waals surface area (Å²) in [5.74, 6) is -1.08. The maximum absolute atomic E-state index is 12.7. The van der Waals surface area contributed by atoms with Gasteiger partial charge in [0.1, 0.15) is 11.9 Å². The smallest absolute Gasteiger partial charge is 0.405 e. The van der Waals surface area contributed by atoms with Crippen LogP contribution in [0.4, 0.5) is 14.9 Å². The Morgan fingerprint density at radius 1 is 1.39 bits per heavy atom. The van der Waals surface area contributed by atoms with E-state index in [0.29, 0.717) is 5.69 Å². The molecular formula is C11H13FN2O4. The number of aliphatic hydroxyl groups is 1. The standard InChI is InChI=1S/C11H13FN2O4/c1-14(8-4-2-7(12)3-5-8)10(16)9(6-15)13-11(17)18/h2-5,9,13,15H,6H2,1H3,(H,17,18). The molecular weight excluding hydrogens is 243 g/mol. The Bertz CT molecular complexity index is 435. The van der Waals surface area contributed by atoms with Crippen LogP contribution in [0.2, 0.25) is 0 Å². The number of benzene rings is 1. The van der Waals surface area contributed by atoms with Gasteiger partial charge in [-0.3, -0.25) is 4.79 Å². The lowest BCUT2D eigenvalue weighted by Crippen LogP contribution is -2.49. The van der Waals surface area contributed by atoms with Crippen molar-refractivity contribution in [1.29, 1.82) is 0 Å². The number of rotatable bonds is 4. The first-order valence-electron chi connectivity index (χ1n) is 5.09. The van der Waals surface area contributed by atoms with Crippen LogP contribution in [-0.2, 0) is 4.79 Å². The van der Waals surface area contributed by atoms with E-state index in [1.807, 2.05) is 5.32 Å². The van der Waals surface area contributed by atoms with Gasteiger partial charge >= 0.3 is 6.09 Å². The average molecular weight is 256 g/mol. The highest BCUT2D eigenvalue weighted by Gasteiger charge is 2.23. The Hall–Kier alpha value is -2.15. The average Bonchev–Trinajstić information content (AvgIpc) is 2.35. The lowest BCUT2D eigenvalue weighted by atomic mass is 10.2. The zero-order valence-corrected chi connectivity index (χ0v) is 9.63. The summed E-state index contributed by atoms with van der Waals surface area (Å²) >= 11 is 0. The van der Waals surface area contributed by atoms with E-state index in [0.717, 1.165) is 4.90 Å². The van der Waals surface area contributed by atoms with Gasteiger partial charge in [-0.2, -0.15) is 0 Å². The molecule has 1 rings (SSSR count). The second-order valence-electron chi connectivity index (χ2n) is 3.56. The van der Waals surface area contributed by atoms with Crippen LogP contribution in [0.1, 0.15) is 0 Å². The number of halogens is 1. The Balaban J connectivity index is 2.81. The van der Waals surface area contributed by atoms with Crippen molar-refractivity contribution in [1.82, 2.24) is 5.32 Å². The number of carbonyl (C=O) groups is 2. The highest BCUT2D eigenvalue weighted by Crippen LogP contribution is 2.14. The van der Waals surface area contributed by atoms with E-state index in [1.54, 1.807) is 0 Å². The van der Waals surface area contributed by atoms with Crippen molar-refractivity contribution < 1.29 is 24.2 Å². The van der Waals surface area contributed by atoms with Gasteiger partial charge in [0.15, 0.2) is 0 Å². The first-order valence-corrected chi connectivity index (χ1v) is 5.09. The van der Waals surface area contributed by atoms with Crippen LogP contribution in [0.5, 0.6) is 0 Å². The molecule has 0 aliphatic rings. The molecule has 1 aromatic carbocycles. The molecule has 1 unspecified atom stereocenters. The zero-order valence-electron chi connectivity index (χ0n) is 9.63. The fourth-order valence-electron chi connectivity index (χ4n) is 1.36. The first kappa shape index (κ1) is 13.9. The molecule has 98 valence electrons. The zero-order chi connectivity index (χ0) is 13.7. The normalized spacial score (nSPS) is 11.7. The summed E-state index contributed by atoms with van der Waals surface area (Å²) in [6.45, 7) is -0.656. The van der Waals surface area contributed by atoms with Gasteiger partial charge in [0.2, 0.25) is 0 Å². The molecule has 1 aromatic rings. The number of carbonyl (C=O) groups excluding carboxylic acids is 1. The van der Waals surface area contributed by atoms with E-state index in [4.69, 9.17) is 10.2 Å². The SMILES string of the molecule is CN(C(=O)C(CO)NC(=O)O)c1ccc(F)cc1. The number of aliphatic hydroxyl groups excluding tert-OH is 1. The Labute approximate surface area is 103 Å². The molecule has 7 heteroatoms. The minimum absolute atomic E-state index is 0.395. The number of carboxylic acid groups (broad SMARTS) is 1. The molecule has 0 bridgehead atoms. The molecule has 0 fully saturated rings. The largest absolute Gasteiger partial charge is 0.465 e. The molecule has 0 spiro atoms. The summed E-state index contributed by atoms with van der Waals surface area (Å²) in [5, 5.41) is 19.4. The van der Waals surface area contributed by atoms with Gasteiger partial charge in [-0.25, -0.2) is 9.18 Å². The highest BCUT2D eigenvalue weighted by molar-refractivity contribution is 5.98. The molecule has 2 amide bonds. The summed E-state index contributed by atoms with van der Waals surface area (Å²) in [6, 6.07) is 3.86. The van der Waals surface area contributed by atoms with Crippen molar-refractivity contribution >= 4 is 17.7 Å². The summed E-state index contributed by atoms with van der Waals surface area (Å²) in [7, 11) is 1.40. The predicted molar refractivity (Wildman–Crippen MR) is 61.8 cm³/mol. The Morgan fingerprint density at radius 2 is 1.94 bits per heavy atom. The van der Waals surface area contributed by atoms with Crippen LogP contribution < -0.4 is 10.2 Å². The topological polar surface area (TPSA) is 89.9 Å². The van der Waals surface area contributed by atoms with Crippen LogP contribution >= 0.6 is 0 Å². The number of hydrogen-bond donors (Lipinski definition) is 3. The fourth-order valence-corrected chi connectivity index (χ4v) is 1.36. The van der Waals surface area contributed by atoms with Gasteiger partial charge in [0.25, 0.3) is 5.91 Å². The number of hydrogen-bond acceptors (Lipinski definition) is 3.